The van der Waals surface area contributed by atoms with Gasteiger partial charge in [0, 0.05) is 17.5 Å². The summed E-state index contributed by atoms with van der Waals surface area (Å²) in [5.41, 5.74) is 0.0980. The van der Waals surface area contributed by atoms with Gasteiger partial charge in [-0.2, -0.15) is 0 Å². The van der Waals surface area contributed by atoms with Crippen LogP contribution in [0.15, 0.2) is 24.3 Å². The minimum absolute atomic E-state index is 0.0980. The van der Waals surface area contributed by atoms with Crippen LogP contribution in [0.2, 0.25) is 0 Å². The molecule has 20 heavy (non-hydrogen) atoms. The van der Waals surface area contributed by atoms with Gasteiger partial charge < -0.3 is 4.74 Å². The second kappa shape index (κ2) is 10.7. The van der Waals surface area contributed by atoms with E-state index in [-0.39, 0.29) is 5.69 Å². The third kappa shape index (κ3) is 7.48. The van der Waals surface area contributed by atoms with E-state index in [1.54, 1.807) is 12.1 Å². The SMILES string of the molecule is O=[N+]([O-])c1ccc(OCCCCCCCCCBr)cc1. The Morgan fingerprint density at radius 3 is 2.05 bits per heavy atom. The lowest BCUT2D eigenvalue weighted by Gasteiger charge is -2.05. The van der Waals surface area contributed by atoms with Gasteiger partial charge in [-0.3, -0.25) is 10.1 Å². The van der Waals surface area contributed by atoms with Crippen molar-refractivity contribution in [1.29, 1.82) is 0 Å². The molecule has 0 heterocycles. The first-order valence-corrected chi connectivity index (χ1v) is 8.29. The molecular formula is C15H22BrNO3. The Morgan fingerprint density at radius 1 is 0.950 bits per heavy atom. The summed E-state index contributed by atoms with van der Waals surface area (Å²) in [5.74, 6) is 0.702. The Kier molecular flexibility index (Phi) is 9.04. The maximum atomic E-state index is 10.5. The average molecular weight is 344 g/mol. The number of nitro groups is 1. The second-order valence-electron chi connectivity index (χ2n) is 4.76. The maximum absolute atomic E-state index is 10.5. The number of hydrogen-bond acceptors (Lipinski definition) is 3. The van der Waals surface area contributed by atoms with Gasteiger partial charge in [0.05, 0.1) is 11.5 Å². The lowest BCUT2D eigenvalue weighted by atomic mass is 10.1. The van der Waals surface area contributed by atoms with Crippen LogP contribution in [0.4, 0.5) is 5.69 Å². The van der Waals surface area contributed by atoms with E-state index in [9.17, 15) is 10.1 Å². The summed E-state index contributed by atoms with van der Waals surface area (Å²) in [7, 11) is 0. The molecule has 0 aliphatic heterocycles. The lowest BCUT2D eigenvalue weighted by molar-refractivity contribution is -0.384. The number of halogens is 1. The van der Waals surface area contributed by atoms with Gasteiger partial charge in [-0.15, -0.1) is 0 Å². The Bertz CT molecular complexity index is 381. The van der Waals surface area contributed by atoms with E-state index in [0.717, 1.165) is 11.8 Å². The predicted molar refractivity (Wildman–Crippen MR) is 84.7 cm³/mol. The van der Waals surface area contributed by atoms with Crippen molar-refractivity contribution in [2.45, 2.75) is 44.9 Å². The predicted octanol–water partition coefficient (Wildman–Crippen LogP) is 5.10. The fraction of sp³-hybridized carbons (Fsp3) is 0.600. The molecule has 4 nitrogen and oxygen atoms in total. The molecule has 0 saturated heterocycles. The smallest absolute Gasteiger partial charge is 0.269 e. The zero-order valence-corrected chi connectivity index (χ0v) is 13.3. The maximum Gasteiger partial charge on any atom is 0.269 e. The van der Waals surface area contributed by atoms with Gasteiger partial charge in [0.2, 0.25) is 0 Å². The van der Waals surface area contributed by atoms with Crippen molar-refractivity contribution in [2.24, 2.45) is 0 Å². The minimum atomic E-state index is -0.403. The molecule has 5 heteroatoms. The third-order valence-electron chi connectivity index (χ3n) is 3.09. The molecule has 0 saturated carbocycles. The van der Waals surface area contributed by atoms with Gasteiger partial charge in [-0.1, -0.05) is 48.0 Å². The van der Waals surface area contributed by atoms with Crippen LogP contribution in [0, 0.1) is 10.1 Å². The van der Waals surface area contributed by atoms with Crippen LogP contribution in [0.25, 0.3) is 0 Å². The first-order chi connectivity index (χ1) is 9.74. The van der Waals surface area contributed by atoms with Crippen molar-refractivity contribution in [1.82, 2.24) is 0 Å². The molecule has 0 aliphatic carbocycles. The summed E-state index contributed by atoms with van der Waals surface area (Å²) in [5, 5.41) is 11.6. The van der Waals surface area contributed by atoms with E-state index in [1.165, 1.54) is 50.7 Å². The highest BCUT2D eigenvalue weighted by atomic mass is 79.9. The quantitative estimate of drug-likeness (QED) is 0.243. The molecule has 0 aromatic heterocycles. The van der Waals surface area contributed by atoms with Gasteiger partial charge >= 0.3 is 0 Å². The van der Waals surface area contributed by atoms with Crippen molar-refractivity contribution in [3.05, 3.63) is 34.4 Å². The number of rotatable bonds is 11. The summed E-state index contributed by atoms with van der Waals surface area (Å²) in [6.07, 6.45) is 8.66. The van der Waals surface area contributed by atoms with E-state index in [2.05, 4.69) is 15.9 Å². The molecule has 1 aromatic rings. The number of hydrogen-bond donors (Lipinski definition) is 0. The molecule has 0 atom stereocenters. The fourth-order valence-corrected chi connectivity index (χ4v) is 2.33. The highest BCUT2D eigenvalue weighted by Gasteiger charge is 2.03. The summed E-state index contributed by atoms with van der Waals surface area (Å²) in [4.78, 5) is 10.1. The summed E-state index contributed by atoms with van der Waals surface area (Å²) < 4.78 is 5.56. The molecule has 0 aliphatic rings. The molecule has 0 bridgehead atoms. The Balaban J connectivity index is 2.02. The topological polar surface area (TPSA) is 52.4 Å². The van der Waals surface area contributed by atoms with Crippen LogP contribution in [-0.4, -0.2) is 16.9 Å². The van der Waals surface area contributed by atoms with Crippen LogP contribution >= 0.6 is 15.9 Å². The van der Waals surface area contributed by atoms with E-state index in [4.69, 9.17) is 4.74 Å². The normalized spacial score (nSPS) is 10.4. The van der Waals surface area contributed by atoms with Crippen LogP contribution in [-0.2, 0) is 0 Å². The monoisotopic (exact) mass is 343 g/mol. The van der Waals surface area contributed by atoms with Gasteiger partial charge in [-0.25, -0.2) is 0 Å². The highest BCUT2D eigenvalue weighted by Crippen LogP contribution is 2.17. The number of nitrogens with zero attached hydrogens (tertiary/aromatic N) is 1. The first kappa shape index (κ1) is 17.0. The van der Waals surface area contributed by atoms with E-state index >= 15 is 0 Å². The van der Waals surface area contributed by atoms with Crippen LogP contribution in [0.5, 0.6) is 5.75 Å². The molecule has 112 valence electrons. The van der Waals surface area contributed by atoms with Crippen molar-refractivity contribution >= 4 is 21.6 Å². The Hall–Kier alpha value is -1.10. The molecular weight excluding hydrogens is 322 g/mol. The molecule has 0 amide bonds. The van der Waals surface area contributed by atoms with E-state index < -0.39 is 4.92 Å². The molecule has 0 fully saturated rings. The van der Waals surface area contributed by atoms with Crippen LogP contribution < -0.4 is 4.74 Å². The minimum Gasteiger partial charge on any atom is -0.494 e. The van der Waals surface area contributed by atoms with Crippen molar-refractivity contribution in [2.75, 3.05) is 11.9 Å². The van der Waals surface area contributed by atoms with Crippen molar-refractivity contribution in [3.63, 3.8) is 0 Å². The van der Waals surface area contributed by atoms with Gasteiger partial charge in [0.1, 0.15) is 5.75 Å². The number of ether oxygens (including phenoxy) is 1. The third-order valence-corrected chi connectivity index (χ3v) is 3.65. The largest absolute Gasteiger partial charge is 0.494 e. The Morgan fingerprint density at radius 2 is 1.50 bits per heavy atom. The molecule has 0 N–H and O–H groups in total. The van der Waals surface area contributed by atoms with Gasteiger partial charge in [-0.05, 0) is 25.0 Å². The molecule has 0 unspecified atom stereocenters. The standard InChI is InChI=1S/C15H22BrNO3/c16-12-6-4-2-1-3-5-7-13-20-15-10-8-14(9-11-15)17(18)19/h8-11H,1-7,12-13H2. The summed E-state index contributed by atoms with van der Waals surface area (Å²) in [6.45, 7) is 0.680. The lowest BCUT2D eigenvalue weighted by Crippen LogP contribution is -1.97. The molecule has 0 spiro atoms. The van der Waals surface area contributed by atoms with Crippen molar-refractivity contribution in [3.8, 4) is 5.75 Å². The van der Waals surface area contributed by atoms with Gasteiger partial charge in [0.15, 0.2) is 0 Å². The second-order valence-corrected chi connectivity index (χ2v) is 5.56. The molecule has 0 radical (unpaired) electrons. The number of benzene rings is 1. The Labute approximate surface area is 128 Å². The zero-order chi connectivity index (χ0) is 14.6. The van der Waals surface area contributed by atoms with E-state index in [0.29, 0.717) is 12.4 Å². The van der Waals surface area contributed by atoms with Crippen molar-refractivity contribution < 1.29 is 9.66 Å². The number of unbranched alkanes of at least 4 members (excludes halogenated alkanes) is 6. The average Bonchev–Trinajstić information content (AvgIpc) is 2.46. The summed E-state index contributed by atoms with van der Waals surface area (Å²) >= 11 is 3.43. The van der Waals surface area contributed by atoms with E-state index in [1.807, 2.05) is 0 Å². The number of alkyl halides is 1. The van der Waals surface area contributed by atoms with Gasteiger partial charge in [0.25, 0.3) is 5.69 Å². The number of non-ortho nitro benzene ring substituents is 1. The van der Waals surface area contributed by atoms with Crippen LogP contribution in [0.1, 0.15) is 44.9 Å². The summed E-state index contributed by atoms with van der Waals surface area (Å²) in [6, 6.07) is 6.25. The zero-order valence-electron chi connectivity index (χ0n) is 11.7. The highest BCUT2D eigenvalue weighted by molar-refractivity contribution is 9.09. The first-order valence-electron chi connectivity index (χ1n) is 7.17. The number of nitro benzene ring substituents is 1. The molecule has 1 rings (SSSR count). The fourth-order valence-electron chi connectivity index (χ4n) is 1.93. The van der Waals surface area contributed by atoms with Crippen LogP contribution in [0.3, 0.4) is 0 Å². The molecule has 1 aromatic carbocycles.